The number of likely N-dealkylation sites (tertiary alicyclic amines) is 1. The van der Waals surface area contributed by atoms with Crippen LogP contribution in [-0.4, -0.2) is 53.8 Å². The van der Waals surface area contributed by atoms with E-state index >= 15 is 0 Å². The van der Waals surface area contributed by atoms with E-state index in [0.29, 0.717) is 11.8 Å². The second-order valence-corrected chi connectivity index (χ2v) is 26.8. The molecule has 2 N–H and O–H groups in total. The van der Waals surface area contributed by atoms with Gasteiger partial charge in [-0.3, -0.25) is 9.59 Å². The third-order valence-corrected chi connectivity index (χ3v) is 23.7. The molecule has 4 unspecified atom stereocenters. The van der Waals surface area contributed by atoms with Crippen molar-refractivity contribution in [1.82, 2.24) is 0 Å². The highest BCUT2D eigenvalue weighted by Crippen LogP contribution is 2.77. The van der Waals surface area contributed by atoms with Gasteiger partial charge in [-0.15, -0.1) is 0 Å². The van der Waals surface area contributed by atoms with Crippen LogP contribution in [0.15, 0.2) is 72.8 Å². The number of hydrogen-bond acceptors (Lipinski definition) is 2. The quantitative estimate of drug-likeness (QED) is 0.103. The summed E-state index contributed by atoms with van der Waals surface area (Å²) in [6.07, 6.45) is 3.84. The maximum Gasteiger partial charge on any atom is 0.322 e. The highest BCUT2D eigenvalue weighted by Gasteiger charge is 2.78. The molecular weight excluding hydrogens is 931 g/mol. The van der Waals surface area contributed by atoms with Crippen molar-refractivity contribution in [2.24, 2.45) is 5.41 Å². The van der Waals surface area contributed by atoms with Crippen LogP contribution in [0.4, 0.5) is 0 Å². The molecule has 1 saturated carbocycles. The Morgan fingerprint density at radius 3 is 0.868 bits per heavy atom. The van der Waals surface area contributed by atoms with E-state index in [0.717, 1.165) is 52.1 Å². The molecule has 7 aliphatic carbocycles. The van der Waals surface area contributed by atoms with Gasteiger partial charge in [-0.05, 0) is 265 Å². The van der Waals surface area contributed by atoms with Gasteiger partial charge in [0.15, 0.2) is 5.41 Å². The van der Waals surface area contributed by atoms with E-state index in [1.165, 1.54) is 122 Å². The summed E-state index contributed by atoms with van der Waals surface area (Å²) in [5.74, 6) is -2.19. The van der Waals surface area contributed by atoms with Crippen LogP contribution >= 0.6 is 0 Å². The normalized spacial score (nSPS) is 22.4. The molecule has 1 heterocycles. The van der Waals surface area contributed by atoms with Crippen LogP contribution in [0, 0.1) is 5.41 Å². The molecule has 76 heavy (non-hydrogen) atoms. The number of likely N-dealkylation sites (N-methyl/N-ethyl adjacent to an activating group) is 1. The van der Waals surface area contributed by atoms with E-state index in [9.17, 15) is 19.8 Å². The Balaban J connectivity index is 0.000000101. The molecule has 0 bridgehead atoms. The summed E-state index contributed by atoms with van der Waals surface area (Å²) in [5.41, 5.74) is 15.0. The Morgan fingerprint density at radius 1 is 0.342 bits per heavy atom. The number of benzene rings is 14. The predicted molar refractivity (Wildman–Crippen MR) is 307 cm³/mol. The SMILES string of the molecule is C[N+]1(C)CC2c3cc4c5c6c(cc7ccc8cc9c%10c%11c(cc(c%12c3c5c(c%12%11)c3c6c7c8c%103)C2C1)C9)C4.O=C(O)C1(C(=O)O)C2c3cc4c5c6c(cc7ccc8cc9c%10c%11c(cc(c%12c3c5c(c%12%11)c3c6c7c8c%103)C21)C9)C4. The number of carbonyl (C=O) groups is 2. The molecule has 2 fully saturated rings. The summed E-state index contributed by atoms with van der Waals surface area (Å²) >= 11 is 0. The molecule has 1 aliphatic heterocycles. The Labute approximate surface area is 428 Å². The van der Waals surface area contributed by atoms with E-state index in [2.05, 4.69) is 86.9 Å². The van der Waals surface area contributed by atoms with E-state index in [1.54, 1.807) is 109 Å². The van der Waals surface area contributed by atoms with Crippen molar-refractivity contribution in [3.8, 4) is 0 Å². The first-order valence-electron chi connectivity index (χ1n) is 27.9. The minimum absolute atomic E-state index is 0.535. The highest BCUT2D eigenvalue weighted by atomic mass is 16.4. The van der Waals surface area contributed by atoms with Gasteiger partial charge in [0.2, 0.25) is 0 Å². The monoisotopic (exact) mass is 966 g/mol. The number of carboxylic acid groups (broad SMARTS) is 2. The van der Waals surface area contributed by atoms with Gasteiger partial charge in [-0.25, -0.2) is 0 Å². The summed E-state index contributed by atoms with van der Waals surface area (Å²) in [6, 6.07) is 29.1. The molecular formula is C71H36NO4+. The van der Waals surface area contributed by atoms with Gasteiger partial charge >= 0.3 is 11.9 Å². The van der Waals surface area contributed by atoms with Crippen LogP contribution in [0.25, 0.3) is 172 Å². The number of carboxylic acids is 2. The Kier molecular flexibility index (Phi) is 4.58. The van der Waals surface area contributed by atoms with Gasteiger partial charge in [0.05, 0.1) is 27.2 Å². The summed E-state index contributed by atoms with van der Waals surface area (Å²) in [7, 11) is 4.92. The summed E-state index contributed by atoms with van der Waals surface area (Å²) in [5, 5.41) is 67.7. The van der Waals surface area contributed by atoms with E-state index in [4.69, 9.17) is 0 Å². The van der Waals surface area contributed by atoms with E-state index in [-0.39, 0.29) is 0 Å². The van der Waals surface area contributed by atoms with Crippen LogP contribution in [0.5, 0.6) is 0 Å². The van der Waals surface area contributed by atoms with Gasteiger partial charge in [-0.1, -0.05) is 72.8 Å². The average molecular weight is 967 g/mol. The zero-order chi connectivity index (χ0) is 48.6. The van der Waals surface area contributed by atoms with Gasteiger partial charge in [0.25, 0.3) is 0 Å². The summed E-state index contributed by atoms with van der Waals surface area (Å²) < 4.78 is 1.14. The van der Waals surface area contributed by atoms with Gasteiger partial charge in [0.1, 0.15) is 0 Å². The molecule has 0 spiro atoms. The minimum Gasteiger partial charge on any atom is -0.480 e. The number of hydrogen-bond donors (Lipinski definition) is 2. The van der Waals surface area contributed by atoms with E-state index in [1.807, 2.05) is 0 Å². The van der Waals surface area contributed by atoms with Crippen LogP contribution in [-0.2, 0) is 35.3 Å². The molecule has 348 valence electrons. The molecule has 0 aromatic heterocycles. The smallest absolute Gasteiger partial charge is 0.322 e. The lowest BCUT2D eigenvalue weighted by atomic mass is 9.75. The highest BCUT2D eigenvalue weighted by molar-refractivity contribution is 6.60. The van der Waals surface area contributed by atoms with Crippen molar-refractivity contribution in [3.63, 3.8) is 0 Å². The van der Waals surface area contributed by atoms with Crippen molar-refractivity contribution in [3.05, 3.63) is 140 Å². The largest absolute Gasteiger partial charge is 0.480 e. The fourth-order valence-corrected chi connectivity index (χ4v) is 21.8. The second-order valence-electron chi connectivity index (χ2n) is 26.8. The molecule has 18 aromatic carbocycles. The molecule has 1 saturated heterocycles. The summed E-state index contributed by atoms with van der Waals surface area (Å²) in [4.78, 5) is 25.6. The minimum atomic E-state index is -1.80. The predicted octanol–water partition coefficient (Wildman–Crippen LogP) is 15.4. The van der Waals surface area contributed by atoms with Crippen molar-refractivity contribution in [2.45, 2.75) is 49.4 Å². The zero-order valence-corrected chi connectivity index (χ0v) is 41.1. The van der Waals surface area contributed by atoms with Crippen LogP contribution < -0.4 is 0 Å². The van der Waals surface area contributed by atoms with Gasteiger partial charge < -0.3 is 14.7 Å². The maximum atomic E-state index is 12.8. The third kappa shape index (κ3) is 2.93. The number of fused-ring (bicyclic) bond motifs is 6. The topological polar surface area (TPSA) is 74.6 Å². The van der Waals surface area contributed by atoms with Crippen LogP contribution in [0.3, 0.4) is 0 Å². The number of nitrogens with zero attached hydrogens (tertiary/aromatic N) is 1. The average Bonchev–Trinajstić information content (AvgIpc) is 2.86. The number of aliphatic carboxylic acids is 2. The number of rotatable bonds is 2. The van der Waals surface area contributed by atoms with Crippen molar-refractivity contribution < 1.29 is 24.3 Å². The van der Waals surface area contributed by atoms with E-state index < -0.39 is 29.2 Å². The van der Waals surface area contributed by atoms with Crippen molar-refractivity contribution in [1.29, 1.82) is 0 Å². The van der Waals surface area contributed by atoms with Gasteiger partial charge in [-0.2, -0.15) is 0 Å². The first kappa shape index (κ1) is 35.8. The standard InChI is InChI=1S/C36H22N.C35H14O4/c1-37(2)11-21-19-9-17-7-15-5-13-3-4-14-6-16-8-18-10-20(22(21)12-37)30-29(19)33-27(17)25(15)31-23(13)24(14)32-26(16)28(18)34(30)36(33)35(31)32;36-33(37)35(34(38)39)31-15-7-13-5-11-3-9-1-2-10-4-12-6-14-8-16(32(31)35)24-23(15)27-21(13)19(11)25-17(9)18(10)26-20(12)22(14)28(24)30(27)29(25)26/h3-6,9-10,21-22H,7-8,11-12H2,1-2H3;1-4,7-8,31-32H,5-6H2,(H,36,37)(H,38,39)/q+1;. The third-order valence-electron chi connectivity index (χ3n) is 23.7. The maximum absolute atomic E-state index is 12.8. The van der Waals surface area contributed by atoms with Gasteiger partial charge in [0, 0.05) is 23.7 Å². The fourth-order valence-electron chi connectivity index (χ4n) is 21.8. The molecule has 26 rings (SSSR count). The zero-order valence-electron chi connectivity index (χ0n) is 41.1. The molecule has 0 amide bonds. The van der Waals surface area contributed by atoms with Crippen LogP contribution in [0.2, 0.25) is 0 Å². The Hall–Kier alpha value is -8.38. The fraction of sp³-hybridized carbons (Fsp3) is 0.183. The number of quaternary nitrogens is 1. The molecule has 8 aliphatic rings. The molecule has 4 atom stereocenters. The first-order valence-corrected chi connectivity index (χ1v) is 27.9. The first-order chi connectivity index (χ1) is 37.1. The Morgan fingerprint density at radius 2 is 0.579 bits per heavy atom. The summed E-state index contributed by atoms with van der Waals surface area (Å²) in [6.45, 7) is 2.53. The molecule has 18 aromatic rings. The Bertz CT molecular complexity index is 5770. The second kappa shape index (κ2) is 9.74. The van der Waals surface area contributed by atoms with Crippen molar-refractivity contribution >= 4 is 184 Å². The van der Waals surface area contributed by atoms with Crippen LogP contribution in [0.1, 0.15) is 90.4 Å². The lowest BCUT2D eigenvalue weighted by molar-refractivity contribution is -0.879. The molecule has 0 radical (unpaired) electrons. The lowest BCUT2D eigenvalue weighted by Crippen LogP contribution is -2.36. The van der Waals surface area contributed by atoms with Crippen molar-refractivity contribution in [2.75, 3.05) is 27.2 Å². The molecule has 5 nitrogen and oxygen atoms in total. The lowest BCUT2D eigenvalue weighted by Gasteiger charge is -2.26. The molecule has 5 heteroatoms.